The van der Waals surface area contributed by atoms with Crippen molar-refractivity contribution in [1.82, 2.24) is 9.97 Å². The predicted molar refractivity (Wildman–Crippen MR) is 90.7 cm³/mol. The van der Waals surface area contributed by atoms with Crippen molar-refractivity contribution in [3.05, 3.63) is 34.6 Å². The molecule has 0 saturated heterocycles. The number of hydrogen-bond donors (Lipinski definition) is 1. The largest absolute Gasteiger partial charge is 0.496 e. The molecule has 2 aromatic rings. The fourth-order valence-electron chi connectivity index (χ4n) is 2.33. The molecule has 0 spiro atoms. The van der Waals surface area contributed by atoms with Crippen molar-refractivity contribution in [2.45, 2.75) is 19.9 Å². The van der Waals surface area contributed by atoms with E-state index in [1.54, 1.807) is 19.5 Å². The van der Waals surface area contributed by atoms with Crippen LogP contribution in [0.1, 0.15) is 24.1 Å². The lowest BCUT2D eigenvalue weighted by Crippen LogP contribution is -2.12. The van der Waals surface area contributed by atoms with E-state index in [1.165, 1.54) is 0 Å². The molecule has 0 amide bonds. The molecular weight excluding hydrogens is 300 g/mol. The van der Waals surface area contributed by atoms with Crippen molar-refractivity contribution in [3.63, 3.8) is 0 Å². The molecule has 0 aliphatic heterocycles. The topological polar surface area (TPSA) is 64.3 Å². The van der Waals surface area contributed by atoms with Crippen molar-refractivity contribution in [1.29, 1.82) is 0 Å². The van der Waals surface area contributed by atoms with Crippen LogP contribution in [0.25, 0.3) is 11.1 Å². The van der Waals surface area contributed by atoms with Crippen molar-refractivity contribution >= 4 is 17.5 Å². The van der Waals surface area contributed by atoms with Crippen LogP contribution >= 0.6 is 11.6 Å². The molecule has 0 saturated carbocycles. The first kappa shape index (κ1) is 16.5. The summed E-state index contributed by atoms with van der Waals surface area (Å²) in [4.78, 5) is 10.6. The zero-order valence-corrected chi connectivity index (χ0v) is 14.3. The summed E-state index contributed by atoms with van der Waals surface area (Å²) in [7, 11) is 5.43. The molecule has 1 unspecified atom stereocenters. The predicted octanol–water partition coefficient (Wildman–Crippen LogP) is 3.20. The van der Waals surface area contributed by atoms with Gasteiger partial charge in [-0.1, -0.05) is 11.6 Å². The minimum Gasteiger partial charge on any atom is -0.496 e. The fourth-order valence-corrected chi connectivity index (χ4v) is 2.54. The highest BCUT2D eigenvalue weighted by Crippen LogP contribution is 2.41. The average Bonchev–Trinajstić information content (AvgIpc) is 2.49. The van der Waals surface area contributed by atoms with Crippen LogP contribution in [0.2, 0.25) is 5.02 Å². The maximum absolute atomic E-state index is 6.36. The van der Waals surface area contributed by atoms with E-state index in [1.807, 2.05) is 38.9 Å². The number of benzene rings is 1. The van der Waals surface area contributed by atoms with Gasteiger partial charge in [-0.15, -0.1) is 0 Å². The van der Waals surface area contributed by atoms with Gasteiger partial charge in [-0.25, -0.2) is 9.97 Å². The summed E-state index contributed by atoms with van der Waals surface area (Å²) >= 11 is 6.36. The summed E-state index contributed by atoms with van der Waals surface area (Å²) < 4.78 is 5.60. The molecule has 1 aromatic carbocycles. The van der Waals surface area contributed by atoms with Crippen LogP contribution in [-0.2, 0) is 0 Å². The maximum atomic E-state index is 6.36. The fraction of sp³-hybridized carbons (Fsp3) is 0.375. The second-order valence-corrected chi connectivity index (χ2v) is 5.84. The molecule has 1 atom stereocenters. The van der Waals surface area contributed by atoms with E-state index in [0.717, 1.165) is 28.0 Å². The summed E-state index contributed by atoms with van der Waals surface area (Å²) in [6.07, 6.45) is 3.54. The Morgan fingerprint density at radius 2 is 1.86 bits per heavy atom. The Morgan fingerprint density at radius 3 is 2.32 bits per heavy atom. The Bertz CT molecular complexity index is 669. The Hall–Kier alpha value is -1.85. The second kappa shape index (κ2) is 6.50. The molecule has 22 heavy (non-hydrogen) atoms. The molecule has 0 aliphatic rings. The van der Waals surface area contributed by atoms with Gasteiger partial charge in [0.2, 0.25) is 5.95 Å². The number of anilines is 1. The normalized spacial score (nSPS) is 12.1. The van der Waals surface area contributed by atoms with Gasteiger partial charge in [0.25, 0.3) is 0 Å². The highest BCUT2D eigenvalue weighted by Gasteiger charge is 2.19. The number of methoxy groups -OCH3 is 1. The molecule has 2 N–H and O–H groups in total. The highest BCUT2D eigenvalue weighted by atomic mass is 35.5. The van der Waals surface area contributed by atoms with Crippen molar-refractivity contribution in [2.75, 3.05) is 26.1 Å². The van der Waals surface area contributed by atoms with Crippen LogP contribution in [0.15, 0.2) is 18.5 Å². The van der Waals surface area contributed by atoms with Crippen LogP contribution in [0.4, 0.5) is 5.95 Å². The third-order valence-electron chi connectivity index (χ3n) is 3.53. The zero-order chi connectivity index (χ0) is 16.4. The summed E-state index contributed by atoms with van der Waals surface area (Å²) in [5, 5.41) is 0.653. The Kier molecular flexibility index (Phi) is 4.88. The first-order valence-corrected chi connectivity index (χ1v) is 7.37. The van der Waals surface area contributed by atoms with Crippen molar-refractivity contribution in [3.8, 4) is 16.9 Å². The number of rotatable bonds is 4. The summed E-state index contributed by atoms with van der Waals surface area (Å²) in [6.45, 7) is 3.85. The lowest BCUT2D eigenvalue weighted by Gasteiger charge is -2.19. The van der Waals surface area contributed by atoms with Crippen LogP contribution in [0.5, 0.6) is 5.75 Å². The van der Waals surface area contributed by atoms with E-state index in [-0.39, 0.29) is 6.04 Å². The number of hydrogen-bond acceptors (Lipinski definition) is 5. The number of ether oxygens (including phenoxy) is 1. The lowest BCUT2D eigenvalue weighted by molar-refractivity contribution is 0.408. The van der Waals surface area contributed by atoms with Crippen molar-refractivity contribution in [2.24, 2.45) is 5.73 Å². The number of nitrogens with two attached hydrogens (primary N) is 1. The molecule has 6 heteroatoms. The van der Waals surface area contributed by atoms with Crippen molar-refractivity contribution < 1.29 is 4.74 Å². The monoisotopic (exact) mass is 320 g/mol. The number of nitrogens with zero attached hydrogens (tertiary/aromatic N) is 3. The van der Waals surface area contributed by atoms with E-state index >= 15 is 0 Å². The van der Waals surface area contributed by atoms with E-state index in [4.69, 9.17) is 22.1 Å². The molecule has 0 bridgehead atoms. The molecule has 118 valence electrons. The number of aromatic nitrogens is 2. The van der Waals surface area contributed by atoms with E-state index < -0.39 is 0 Å². The summed E-state index contributed by atoms with van der Waals surface area (Å²) in [5.41, 5.74) is 9.56. The van der Waals surface area contributed by atoms with Crippen LogP contribution < -0.4 is 15.4 Å². The minimum absolute atomic E-state index is 0.186. The SMILES string of the molecule is COc1c(C(C)N)cc(Cl)c(C)c1-c1cnc(N(C)C)nc1. The molecule has 2 rings (SSSR count). The quantitative estimate of drug-likeness (QED) is 0.937. The smallest absolute Gasteiger partial charge is 0.224 e. The molecule has 0 aliphatic carbocycles. The van der Waals surface area contributed by atoms with E-state index in [2.05, 4.69) is 9.97 Å². The Balaban J connectivity index is 2.67. The van der Waals surface area contributed by atoms with Crippen LogP contribution in [0.3, 0.4) is 0 Å². The van der Waals surface area contributed by atoms with E-state index in [0.29, 0.717) is 11.0 Å². The minimum atomic E-state index is -0.186. The molecule has 0 fully saturated rings. The third kappa shape index (κ3) is 3.00. The van der Waals surface area contributed by atoms with E-state index in [9.17, 15) is 0 Å². The molecule has 0 radical (unpaired) electrons. The van der Waals surface area contributed by atoms with Gasteiger partial charge in [0, 0.05) is 54.2 Å². The zero-order valence-electron chi connectivity index (χ0n) is 13.5. The summed E-state index contributed by atoms with van der Waals surface area (Å²) in [5.74, 6) is 1.37. The van der Waals surface area contributed by atoms with Gasteiger partial charge < -0.3 is 15.4 Å². The molecule has 1 heterocycles. The first-order chi connectivity index (χ1) is 10.4. The second-order valence-electron chi connectivity index (χ2n) is 5.44. The summed E-state index contributed by atoms with van der Waals surface area (Å²) in [6, 6.07) is 1.67. The number of halogens is 1. The lowest BCUT2D eigenvalue weighted by atomic mass is 9.95. The average molecular weight is 321 g/mol. The highest BCUT2D eigenvalue weighted by molar-refractivity contribution is 6.32. The maximum Gasteiger partial charge on any atom is 0.224 e. The Morgan fingerprint density at radius 1 is 1.27 bits per heavy atom. The van der Waals surface area contributed by atoms with Crippen LogP contribution in [-0.4, -0.2) is 31.2 Å². The van der Waals surface area contributed by atoms with Gasteiger partial charge in [0.05, 0.1) is 7.11 Å². The van der Waals surface area contributed by atoms with Gasteiger partial charge in [0.1, 0.15) is 5.75 Å². The standard InChI is InChI=1S/C16H21ClN4O/c1-9-13(17)6-12(10(2)18)15(22-5)14(9)11-7-19-16(20-8-11)21(3)4/h6-8,10H,18H2,1-5H3. The first-order valence-electron chi connectivity index (χ1n) is 6.99. The van der Waals surface area contributed by atoms with Crippen LogP contribution in [0, 0.1) is 6.92 Å². The van der Waals surface area contributed by atoms with Gasteiger partial charge in [-0.3, -0.25) is 0 Å². The van der Waals surface area contributed by atoms with Gasteiger partial charge >= 0.3 is 0 Å². The molecule has 5 nitrogen and oxygen atoms in total. The molecule has 1 aromatic heterocycles. The molecular formula is C16H21ClN4O. The van der Waals surface area contributed by atoms with Gasteiger partial charge in [-0.05, 0) is 25.5 Å². The van der Waals surface area contributed by atoms with Gasteiger partial charge in [0.15, 0.2) is 0 Å². The Labute approximate surface area is 136 Å². The third-order valence-corrected chi connectivity index (χ3v) is 3.92. The van der Waals surface area contributed by atoms with Gasteiger partial charge in [-0.2, -0.15) is 0 Å².